The Kier molecular flexibility index (Phi) is 6.62. The number of aliphatic hydroxyl groups is 1. The summed E-state index contributed by atoms with van der Waals surface area (Å²) in [7, 11) is 0. The minimum absolute atomic E-state index is 0.125. The zero-order valence-corrected chi connectivity index (χ0v) is 11.5. The number of carboxylic acid groups (broad SMARTS) is 1. The Labute approximate surface area is 113 Å². The number of carbonyl (C=O) groups excluding carboxylic acids is 1. The highest BCUT2D eigenvalue weighted by molar-refractivity contribution is 5.82. The second kappa shape index (κ2) is 7.99. The summed E-state index contributed by atoms with van der Waals surface area (Å²) in [5, 5.41) is 20.5. The molecule has 6 nitrogen and oxygen atoms in total. The fourth-order valence-electron chi connectivity index (χ4n) is 2.51. The van der Waals surface area contributed by atoms with Crippen LogP contribution >= 0.6 is 0 Å². The Bertz CT molecular complexity index is 309. The van der Waals surface area contributed by atoms with Gasteiger partial charge in [-0.1, -0.05) is 13.3 Å². The topological polar surface area (TPSA) is 89.9 Å². The molecule has 1 heterocycles. The minimum Gasteiger partial charge on any atom is -0.480 e. The Morgan fingerprint density at radius 2 is 2.21 bits per heavy atom. The first-order chi connectivity index (χ1) is 9.10. The van der Waals surface area contributed by atoms with Crippen molar-refractivity contribution in [2.75, 3.05) is 13.2 Å². The third-order valence-corrected chi connectivity index (χ3v) is 3.51. The van der Waals surface area contributed by atoms with E-state index in [1.165, 1.54) is 0 Å². The normalized spacial score (nSPS) is 20.3. The molecule has 1 fully saturated rings. The molecule has 0 aromatic carbocycles. The lowest BCUT2D eigenvalue weighted by molar-refractivity contribution is -0.139. The number of rotatable bonds is 7. The fraction of sp³-hybridized carbons (Fsp3) is 0.846. The van der Waals surface area contributed by atoms with Gasteiger partial charge in [0, 0.05) is 19.2 Å². The predicted octanol–water partition coefficient (Wildman–Crippen LogP) is 1.19. The van der Waals surface area contributed by atoms with Gasteiger partial charge in [-0.2, -0.15) is 0 Å². The third-order valence-electron chi connectivity index (χ3n) is 3.51. The van der Waals surface area contributed by atoms with Gasteiger partial charge in [-0.3, -0.25) is 0 Å². The van der Waals surface area contributed by atoms with E-state index < -0.39 is 12.0 Å². The van der Waals surface area contributed by atoms with Gasteiger partial charge in [0.1, 0.15) is 6.04 Å². The minimum atomic E-state index is -0.985. The maximum Gasteiger partial charge on any atom is 0.326 e. The Morgan fingerprint density at radius 3 is 2.79 bits per heavy atom. The lowest BCUT2D eigenvalue weighted by atomic mass is 10.1. The maximum atomic E-state index is 12.1. The van der Waals surface area contributed by atoms with Crippen LogP contribution in [0.2, 0.25) is 0 Å². The number of aliphatic hydroxyl groups excluding tert-OH is 1. The molecule has 0 bridgehead atoms. The molecule has 0 spiro atoms. The molecule has 3 N–H and O–H groups in total. The molecule has 0 aromatic heterocycles. The van der Waals surface area contributed by atoms with Crippen molar-refractivity contribution in [3.63, 3.8) is 0 Å². The van der Waals surface area contributed by atoms with Crippen LogP contribution in [0.4, 0.5) is 4.79 Å². The van der Waals surface area contributed by atoms with E-state index in [0.29, 0.717) is 25.8 Å². The molecule has 0 aliphatic carbocycles. The molecular weight excluding hydrogens is 248 g/mol. The van der Waals surface area contributed by atoms with Crippen molar-refractivity contribution in [1.82, 2.24) is 10.2 Å². The number of likely N-dealkylation sites (tertiary alicyclic amines) is 1. The second-order valence-corrected chi connectivity index (χ2v) is 4.98. The SMILES string of the molecule is CCC[C@H](NC(=O)N1CCCC1CCCO)C(=O)O. The van der Waals surface area contributed by atoms with Crippen molar-refractivity contribution in [3.8, 4) is 0 Å². The number of hydrogen-bond acceptors (Lipinski definition) is 3. The fourth-order valence-corrected chi connectivity index (χ4v) is 2.51. The van der Waals surface area contributed by atoms with Gasteiger partial charge in [-0.15, -0.1) is 0 Å². The van der Waals surface area contributed by atoms with E-state index in [-0.39, 0.29) is 18.7 Å². The Hall–Kier alpha value is -1.30. The smallest absolute Gasteiger partial charge is 0.326 e. The number of carboxylic acids is 1. The molecule has 110 valence electrons. The van der Waals surface area contributed by atoms with Crippen LogP contribution < -0.4 is 5.32 Å². The molecule has 1 saturated heterocycles. The standard InChI is InChI=1S/C13H24N2O4/c1-2-5-11(12(17)18)14-13(19)15-8-3-6-10(15)7-4-9-16/h10-11,16H,2-9H2,1H3,(H,14,19)(H,17,18)/t10?,11-/m0/s1. The zero-order chi connectivity index (χ0) is 14.3. The van der Waals surface area contributed by atoms with Crippen LogP contribution in [0.1, 0.15) is 45.4 Å². The summed E-state index contributed by atoms with van der Waals surface area (Å²) >= 11 is 0. The van der Waals surface area contributed by atoms with E-state index in [1.807, 2.05) is 6.92 Å². The van der Waals surface area contributed by atoms with Crippen molar-refractivity contribution in [3.05, 3.63) is 0 Å². The molecule has 1 aliphatic rings. The monoisotopic (exact) mass is 272 g/mol. The Balaban J connectivity index is 2.52. The van der Waals surface area contributed by atoms with Crippen LogP contribution in [-0.2, 0) is 4.79 Å². The van der Waals surface area contributed by atoms with Crippen molar-refractivity contribution in [1.29, 1.82) is 0 Å². The van der Waals surface area contributed by atoms with Crippen LogP contribution in [0.15, 0.2) is 0 Å². The highest BCUT2D eigenvalue weighted by Crippen LogP contribution is 2.21. The lowest BCUT2D eigenvalue weighted by Gasteiger charge is -2.26. The maximum absolute atomic E-state index is 12.1. The number of amides is 2. The molecule has 2 atom stereocenters. The van der Waals surface area contributed by atoms with Crippen molar-refractivity contribution < 1.29 is 19.8 Å². The molecule has 6 heteroatoms. The molecule has 1 unspecified atom stereocenters. The molecule has 0 radical (unpaired) electrons. The van der Waals surface area contributed by atoms with E-state index in [9.17, 15) is 9.59 Å². The number of urea groups is 1. The molecule has 0 saturated carbocycles. The molecule has 0 aromatic rings. The van der Waals surface area contributed by atoms with Crippen LogP contribution in [0.5, 0.6) is 0 Å². The number of nitrogens with zero attached hydrogens (tertiary/aromatic N) is 1. The van der Waals surface area contributed by atoms with Gasteiger partial charge in [0.25, 0.3) is 0 Å². The summed E-state index contributed by atoms with van der Waals surface area (Å²) in [6.07, 6.45) is 4.47. The van der Waals surface area contributed by atoms with Crippen LogP contribution in [0.3, 0.4) is 0 Å². The first kappa shape index (κ1) is 15.8. The first-order valence-corrected chi connectivity index (χ1v) is 7.01. The third kappa shape index (κ3) is 4.70. The van der Waals surface area contributed by atoms with Gasteiger partial charge in [0.05, 0.1) is 0 Å². The van der Waals surface area contributed by atoms with Gasteiger partial charge in [0.15, 0.2) is 0 Å². The summed E-state index contributed by atoms with van der Waals surface area (Å²) in [6, 6.07) is -0.971. The Morgan fingerprint density at radius 1 is 1.47 bits per heavy atom. The molecular formula is C13H24N2O4. The summed E-state index contributed by atoms with van der Waals surface area (Å²) in [5.74, 6) is -0.985. The lowest BCUT2D eigenvalue weighted by Crippen LogP contribution is -2.49. The molecule has 2 amide bonds. The van der Waals surface area contributed by atoms with Gasteiger partial charge in [0.2, 0.25) is 0 Å². The molecule has 1 aliphatic heterocycles. The van der Waals surface area contributed by atoms with E-state index in [1.54, 1.807) is 4.90 Å². The largest absolute Gasteiger partial charge is 0.480 e. The number of carbonyl (C=O) groups is 2. The number of hydrogen-bond donors (Lipinski definition) is 3. The van der Waals surface area contributed by atoms with E-state index in [2.05, 4.69) is 5.32 Å². The highest BCUT2D eigenvalue weighted by Gasteiger charge is 2.30. The average Bonchev–Trinajstić information content (AvgIpc) is 2.83. The van der Waals surface area contributed by atoms with E-state index >= 15 is 0 Å². The van der Waals surface area contributed by atoms with E-state index in [4.69, 9.17) is 10.2 Å². The quantitative estimate of drug-likeness (QED) is 0.649. The van der Waals surface area contributed by atoms with Gasteiger partial charge < -0.3 is 20.4 Å². The van der Waals surface area contributed by atoms with Crippen LogP contribution in [-0.4, -0.2) is 52.3 Å². The van der Waals surface area contributed by atoms with E-state index in [0.717, 1.165) is 19.3 Å². The molecule has 1 rings (SSSR count). The highest BCUT2D eigenvalue weighted by atomic mass is 16.4. The zero-order valence-electron chi connectivity index (χ0n) is 11.5. The van der Waals surface area contributed by atoms with Crippen LogP contribution in [0, 0.1) is 0 Å². The first-order valence-electron chi connectivity index (χ1n) is 7.01. The van der Waals surface area contributed by atoms with Gasteiger partial charge >= 0.3 is 12.0 Å². The van der Waals surface area contributed by atoms with Crippen molar-refractivity contribution >= 4 is 12.0 Å². The second-order valence-electron chi connectivity index (χ2n) is 4.98. The van der Waals surface area contributed by atoms with Gasteiger partial charge in [-0.25, -0.2) is 9.59 Å². The van der Waals surface area contributed by atoms with Gasteiger partial charge in [-0.05, 0) is 32.1 Å². The van der Waals surface area contributed by atoms with Crippen molar-refractivity contribution in [2.45, 2.75) is 57.5 Å². The predicted molar refractivity (Wildman–Crippen MR) is 70.9 cm³/mol. The number of aliphatic carboxylic acids is 1. The summed E-state index contributed by atoms with van der Waals surface area (Å²) in [6.45, 7) is 2.68. The average molecular weight is 272 g/mol. The summed E-state index contributed by atoms with van der Waals surface area (Å²) in [5.41, 5.74) is 0. The number of nitrogens with one attached hydrogen (secondary N) is 1. The summed E-state index contributed by atoms with van der Waals surface area (Å²) < 4.78 is 0. The summed E-state index contributed by atoms with van der Waals surface area (Å²) in [4.78, 5) is 24.8. The van der Waals surface area contributed by atoms with Crippen molar-refractivity contribution in [2.24, 2.45) is 0 Å². The molecule has 19 heavy (non-hydrogen) atoms. The van der Waals surface area contributed by atoms with Crippen LogP contribution in [0.25, 0.3) is 0 Å².